The van der Waals surface area contributed by atoms with E-state index in [1.165, 1.54) is 12.8 Å². The average Bonchev–Trinajstić information content (AvgIpc) is 1.41. The van der Waals surface area contributed by atoms with Crippen LogP contribution in [-0.2, 0) is 0 Å². The summed E-state index contributed by atoms with van der Waals surface area (Å²) >= 11 is 3.31. The van der Waals surface area contributed by atoms with E-state index in [4.69, 9.17) is 0 Å². The summed E-state index contributed by atoms with van der Waals surface area (Å²) in [5, 5.41) is 1.16. The van der Waals surface area contributed by atoms with Gasteiger partial charge in [-0.2, -0.15) is 0 Å². The van der Waals surface area contributed by atoms with Crippen molar-refractivity contribution in [3.8, 4) is 0 Å². The minimum absolute atomic E-state index is 0. The summed E-state index contributed by atoms with van der Waals surface area (Å²) in [6.45, 7) is 2.18. The Labute approximate surface area is 82.3 Å². The van der Waals surface area contributed by atoms with Crippen LogP contribution in [0.15, 0.2) is 0 Å². The molecule has 0 rings (SSSR count). The van der Waals surface area contributed by atoms with Gasteiger partial charge in [0.25, 0.3) is 0 Å². The van der Waals surface area contributed by atoms with Crippen LogP contribution in [0.3, 0.4) is 0 Å². The first-order chi connectivity index (χ1) is 2.41. The van der Waals surface area contributed by atoms with Gasteiger partial charge in [0.2, 0.25) is 0 Å². The Morgan fingerprint density at radius 3 is 1.86 bits per heavy atom. The summed E-state index contributed by atoms with van der Waals surface area (Å²) < 4.78 is 0. The Hall–Kier alpha value is 1.77. The van der Waals surface area contributed by atoms with Gasteiger partial charge in [0, 0.05) is 5.33 Å². The molecular weight excluding hydrogens is 186 g/mol. The van der Waals surface area contributed by atoms with E-state index >= 15 is 0 Å². The molecule has 0 aromatic carbocycles. The predicted molar refractivity (Wildman–Crippen MR) is 28.7 cm³/mol. The molecule has 7 heavy (non-hydrogen) atoms. The minimum Gasteiger partial charge on any atom is -1.00 e. The van der Waals surface area contributed by atoms with Gasteiger partial charge in [-0.15, -0.1) is 0 Å². The Kier molecular flexibility index (Phi) is 35.6. The van der Waals surface area contributed by atoms with Crippen LogP contribution in [0.25, 0.3) is 0 Å². The Balaban J connectivity index is -0.0000000800. The molecule has 0 aliphatic rings. The van der Waals surface area contributed by atoms with Crippen molar-refractivity contribution >= 4 is 15.9 Å². The summed E-state index contributed by atoms with van der Waals surface area (Å²) in [5.74, 6) is 0. The zero-order valence-corrected chi connectivity index (χ0v) is 9.22. The summed E-state index contributed by atoms with van der Waals surface area (Å²) in [4.78, 5) is 0. The minimum atomic E-state index is 0. The second-order valence-electron chi connectivity index (χ2n) is 1.04. The number of unbranched alkanes of at least 4 members (excludes halogenated alkanes) is 1. The molecule has 0 aliphatic carbocycles. The average molecular weight is 195 g/mol. The van der Waals surface area contributed by atoms with Gasteiger partial charge in [0.1, 0.15) is 0 Å². The topological polar surface area (TPSA) is 0 Å². The molecule has 0 unspecified atom stereocenters. The van der Waals surface area contributed by atoms with Gasteiger partial charge in [-0.3, -0.25) is 0 Å². The SMILES string of the molecule is CCCCBr.[Cl-].[Na+]. The van der Waals surface area contributed by atoms with Crippen molar-refractivity contribution in [1.29, 1.82) is 0 Å². The van der Waals surface area contributed by atoms with Crippen LogP contribution in [0.2, 0.25) is 0 Å². The molecule has 0 amide bonds. The monoisotopic (exact) mass is 194 g/mol. The molecule has 3 heteroatoms. The van der Waals surface area contributed by atoms with Gasteiger partial charge in [-0.25, -0.2) is 0 Å². The summed E-state index contributed by atoms with van der Waals surface area (Å²) in [6.07, 6.45) is 2.60. The van der Waals surface area contributed by atoms with E-state index in [0.29, 0.717) is 0 Å². The molecule has 0 spiro atoms. The molecule has 0 aromatic heterocycles. The normalized spacial score (nSPS) is 6.00. The molecule has 0 nitrogen and oxygen atoms in total. The summed E-state index contributed by atoms with van der Waals surface area (Å²) in [6, 6.07) is 0. The van der Waals surface area contributed by atoms with Crippen molar-refractivity contribution in [2.75, 3.05) is 5.33 Å². The zero-order chi connectivity index (χ0) is 4.12. The summed E-state index contributed by atoms with van der Waals surface area (Å²) in [7, 11) is 0. The van der Waals surface area contributed by atoms with Crippen LogP contribution in [-0.4, -0.2) is 5.33 Å². The largest absolute Gasteiger partial charge is 1.00 e. The van der Waals surface area contributed by atoms with Crippen LogP contribution in [0, 0.1) is 0 Å². The molecule has 0 aromatic rings. The Bertz CT molecular complexity index is 19.2. The third-order valence-electron chi connectivity index (χ3n) is 0.487. The molecule has 0 heterocycles. The maximum atomic E-state index is 3.31. The molecule has 0 fully saturated rings. The second kappa shape index (κ2) is 15.7. The first-order valence-electron chi connectivity index (χ1n) is 1.97. The van der Waals surface area contributed by atoms with E-state index in [-0.39, 0.29) is 42.0 Å². The first-order valence-corrected chi connectivity index (χ1v) is 3.10. The smallest absolute Gasteiger partial charge is 1.00 e. The molecule has 0 bridgehead atoms. The van der Waals surface area contributed by atoms with E-state index in [1.807, 2.05) is 0 Å². The fraction of sp³-hybridized carbons (Fsp3) is 1.00. The van der Waals surface area contributed by atoms with Crippen LogP contribution < -0.4 is 42.0 Å². The van der Waals surface area contributed by atoms with Crippen molar-refractivity contribution in [2.24, 2.45) is 0 Å². The number of halogens is 2. The third kappa shape index (κ3) is 18.2. The van der Waals surface area contributed by atoms with Gasteiger partial charge in [-0.05, 0) is 6.42 Å². The third-order valence-corrected chi connectivity index (χ3v) is 1.05. The van der Waals surface area contributed by atoms with E-state index < -0.39 is 0 Å². The molecule has 0 aliphatic heterocycles. The van der Waals surface area contributed by atoms with Crippen molar-refractivity contribution in [2.45, 2.75) is 19.8 Å². The fourth-order valence-electron chi connectivity index (χ4n) is 0.134. The molecule has 0 saturated carbocycles. The zero-order valence-electron chi connectivity index (χ0n) is 4.88. The molecule has 0 saturated heterocycles. The standard InChI is InChI=1S/C4H9Br.ClH.Na/c1-2-3-4-5;;/h2-4H2,1H3;1H;/q;;+1/p-1. The van der Waals surface area contributed by atoms with Gasteiger partial charge in [-0.1, -0.05) is 29.3 Å². The number of rotatable bonds is 2. The summed E-state index contributed by atoms with van der Waals surface area (Å²) in [5.41, 5.74) is 0. The Morgan fingerprint density at radius 1 is 1.43 bits per heavy atom. The number of hydrogen-bond acceptors (Lipinski definition) is 0. The van der Waals surface area contributed by atoms with Gasteiger partial charge >= 0.3 is 29.6 Å². The van der Waals surface area contributed by atoms with Crippen LogP contribution in [0.4, 0.5) is 0 Å². The fourth-order valence-corrected chi connectivity index (χ4v) is 0.694. The van der Waals surface area contributed by atoms with E-state index in [1.54, 1.807) is 0 Å². The van der Waals surface area contributed by atoms with Crippen LogP contribution >= 0.6 is 15.9 Å². The van der Waals surface area contributed by atoms with E-state index in [0.717, 1.165) is 5.33 Å². The maximum Gasteiger partial charge on any atom is 1.00 e. The van der Waals surface area contributed by atoms with Crippen molar-refractivity contribution in [3.63, 3.8) is 0 Å². The molecule has 40 valence electrons. The predicted octanol–water partition coefficient (Wildman–Crippen LogP) is -3.81. The van der Waals surface area contributed by atoms with Crippen molar-refractivity contribution in [3.05, 3.63) is 0 Å². The molecule has 0 atom stereocenters. The molecule has 0 N–H and O–H groups in total. The molecule has 0 radical (unpaired) electrons. The molecular formula is C4H9BrClNa. The van der Waals surface area contributed by atoms with E-state index in [2.05, 4.69) is 22.9 Å². The van der Waals surface area contributed by atoms with Crippen molar-refractivity contribution < 1.29 is 42.0 Å². The maximum absolute atomic E-state index is 3.31. The first kappa shape index (κ1) is 15.9. The van der Waals surface area contributed by atoms with Gasteiger partial charge in [0.05, 0.1) is 0 Å². The van der Waals surface area contributed by atoms with Gasteiger partial charge < -0.3 is 12.4 Å². The van der Waals surface area contributed by atoms with Gasteiger partial charge in [0.15, 0.2) is 0 Å². The quantitative estimate of drug-likeness (QED) is 0.313. The number of alkyl halides is 1. The number of hydrogen-bond donors (Lipinski definition) is 0. The van der Waals surface area contributed by atoms with E-state index in [9.17, 15) is 0 Å². The Morgan fingerprint density at radius 2 is 1.86 bits per heavy atom. The second-order valence-corrected chi connectivity index (χ2v) is 1.84. The van der Waals surface area contributed by atoms with Crippen molar-refractivity contribution in [1.82, 2.24) is 0 Å². The van der Waals surface area contributed by atoms with Crippen LogP contribution in [0.1, 0.15) is 19.8 Å². The van der Waals surface area contributed by atoms with Crippen LogP contribution in [0.5, 0.6) is 0 Å².